The highest BCUT2D eigenvalue weighted by molar-refractivity contribution is 6.13. The zero-order valence-electron chi connectivity index (χ0n) is 16.3. The third-order valence-corrected chi connectivity index (χ3v) is 6.91. The lowest BCUT2D eigenvalue weighted by Crippen LogP contribution is -2.54. The van der Waals surface area contributed by atoms with Gasteiger partial charge in [-0.3, -0.25) is 0 Å². The standard InChI is InChI=1S/C14H35NO7Si2/c1-17-11(9-13(23,19-3)20-4)15(7-8-16)12(18-2)10-14(24,21-5)22-6/h11-12,16H,7-10H2,1-6,23-24H3. The average Bonchev–Trinajstić information content (AvgIpc) is 2.62. The van der Waals surface area contributed by atoms with Crippen LogP contribution in [0.15, 0.2) is 0 Å². The van der Waals surface area contributed by atoms with E-state index >= 15 is 0 Å². The largest absolute Gasteiger partial charge is 0.395 e. The summed E-state index contributed by atoms with van der Waals surface area (Å²) in [6, 6.07) is 0. The lowest BCUT2D eigenvalue weighted by atomic mass is 10.2. The molecular weight excluding hydrogens is 350 g/mol. The SMILES string of the molecule is COC(CC([SiH3])(OC)OC)N(CCO)C(CC([SiH3])(OC)OC)OC. The van der Waals surface area contributed by atoms with Gasteiger partial charge in [-0.15, -0.1) is 0 Å². The molecule has 0 aromatic heterocycles. The van der Waals surface area contributed by atoms with Crippen molar-refractivity contribution in [3.05, 3.63) is 0 Å². The Labute approximate surface area is 151 Å². The van der Waals surface area contributed by atoms with Gasteiger partial charge >= 0.3 is 0 Å². The van der Waals surface area contributed by atoms with Crippen LogP contribution in [-0.4, -0.2) is 110 Å². The lowest BCUT2D eigenvalue weighted by Gasteiger charge is -2.42. The van der Waals surface area contributed by atoms with E-state index < -0.39 is 10.8 Å². The van der Waals surface area contributed by atoms with E-state index in [-0.39, 0.29) is 19.1 Å². The van der Waals surface area contributed by atoms with Crippen molar-refractivity contribution in [3.8, 4) is 0 Å². The van der Waals surface area contributed by atoms with Crippen LogP contribution in [0.25, 0.3) is 0 Å². The first-order chi connectivity index (χ1) is 11.3. The monoisotopic (exact) mass is 385 g/mol. The summed E-state index contributed by atoms with van der Waals surface area (Å²) in [4.78, 5) is 1.94. The molecule has 2 unspecified atom stereocenters. The molecule has 0 bridgehead atoms. The predicted molar refractivity (Wildman–Crippen MR) is 98.0 cm³/mol. The van der Waals surface area contributed by atoms with Crippen molar-refractivity contribution in [2.24, 2.45) is 0 Å². The van der Waals surface area contributed by atoms with Crippen LogP contribution in [0.2, 0.25) is 0 Å². The Kier molecular flexibility index (Phi) is 11.7. The molecule has 0 saturated heterocycles. The van der Waals surface area contributed by atoms with E-state index in [1.54, 1.807) is 42.7 Å². The molecule has 0 aliphatic rings. The fourth-order valence-corrected chi connectivity index (χ4v) is 3.09. The Balaban J connectivity index is 5.37. The molecule has 0 heterocycles. The van der Waals surface area contributed by atoms with Crippen LogP contribution in [-0.2, 0) is 28.4 Å². The van der Waals surface area contributed by atoms with E-state index in [0.29, 0.717) is 39.9 Å². The number of nitrogens with zero attached hydrogens (tertiary/aromatic N) is 1. The molecule has 146 valence electrons. The summed E-state index contributed by atoms with van der Waals surface area (Å²) in [7, 11) is 11.0. The van der Waals surface area contributed by atoms with Gasteiger partial charge in [0.15, 0.2) is 0 Å². The van der Waals surface area contributed by atoms with Gasteiger partial charge in [0.1, 0.15) is 23.3 Å². The number of aliphatic hydroxyl groups excluding tert-OH is 1. The van der Waals surface area contributed by atoms with E-state index in [4.69, 9.17) is 28.4 Å². The van der Waals surface area contributed by atoms with Gasteiger partial charge in [-0.2, -0.15) is 0 Å². The molecule has 0 saturated carbocycles. The number of methoxy groups -OCH3 is 6. The maximum Gasteiger partial charge on any atom is 0.144 e. The molecular formula is C14H35NO7Si2. The molecule has 8 nitrogen and oxygen atoms in total. The summed E-state index contributed by atoms with van der Waals surface area (Å²) >= 11 is 0. The predicted octanol–water partition coefficient (Wildman–Crippen LogP) is -2.37. The van der Waals surface area contributed by atoms with E-state index in [1.165, 1.54) is 0 Å². The molecule has 1 N–H and O–H groups in total. The number of ether oxygens (including phenoxy) is 6. The van der Waals surface area contributed by atoms with Crippen molar-refractivity contribution in [1.82, 2.24) is 4.90 Å². The van der Waals surface area contributed by atoms with Crippen molar-refractivity contribution in [2.75, 3.05) is 55.8 Å². The summed E-state index contributed by atoms with van der Waals surface area (Å²) in [6.45, 7) is 0.356. The van der Waals surface area contributed by atoms with Gasteiger partial charge in [-0.1, -0.05) is 0 Å². The fraction of sp³-hybridized carbons (Fsp3) is 1.00. The van der Waals surface area contributed by atoms with Crippen LogP contribution in [0.1, 0.15) is 12.8 Å². The molecule has 0 spiro atoms. The Hall–Kier alpha value is 0.114. The summed E-state index contributed by atoms with van der Waals surface area (Å²) in [6.07, 6.45) is 0.297. The first-order valence-electron chi connectivity index (χ1n) is 7.91. The van der Waals surface area contributed by atoms with Crippen molar-refractivity contribution < 1.29 is 33.5 Å². The van der Waals surface area contributed by atoms with Gasteiger partial charge in [0.05, 0.1) is 27.1 Å². The lowest BCUT2D eigenvalue weighted by molar-refractivity contribution is -0.224. The van der Waals surface area contributed by atoms with Gasteiger partial charge in [0.25, 0.3) is 0 Å². The smallest absolute Gasteiger partial charge is 0.144 e. The molecule has 0 fully saturated rings. The number of hydrogen-bond acceptors (Lipinski definition) is 8. The van der Waals surface area contributed by atoms with Crippen LogP contribution in [0.4, 0.5) is 0 Å². The van der Waals surface area contributed by atoms with Gasteiger partial charge in [-0.05, 0) is 0 Å². The topological polar surface area (TPSA) is 78.9 Å². The van der Waals surface area contributed by atoms with Gasteiger partial charge < -0.3 is 33.5 Å². The Morgan fingerprint density at radius 1 is 0.792 bits per heavy atom. The molecule has 2 atom stereocenters. The van der Waals surface area contributed by atoms with E-state index in [1.807, 2.05) is 4.90 Å². The minimum atomic E-state index is -0.673. The minimum Gasteiger partial charge on any atom is -0.395 e. The summed E-state index contributed by atoms with van der Waals surface area (Å²) in [5.74, 6) is 0. The molecule has 0 aromatic carbocycles. The number of rotatable bonds is 14. The molecule has 0 rings (SSSR count). The van der Waals surface area contributed by atoms with Gasteiger partial charge in [0, 0.05) is 62.0 Å². The first kappa shape index (κ1) is 24.1. The highest BCUT2D eigenvalue weighted by atomic mass is 28.2. The summed E-state index contributed by atoms with van der Waals surface area (Å²) in [5.41, 5.74) is -1.35. The van der Waals surface area contributed by atoms with Crippen molar-refractivity contribution in [2.45, 2.75) is 36.1 Å². The van der Waals surface area contributed by atoms with Crippen molar-refractivity contribution >= 4 is 20.5 Å². The highest BCUT2D eigenvalue weighted by Crippen LogP contribution is 2.25. The molecule has 10 heteroatoms. The number of aliphatic hydroxyl groups is 1. The van der Waals surface area contributed by atoms with Crippen molar-refractivity contribution in [3.63, 3.8) is 0 Å². The van der Waals surface area contributed by atoms with Crippen LogP contribution >= 0.6 is 0 Å². The molecule has 0 amide bonds. The Morgan fingerprint density at radius 3 is 1.33 bits per heavy atom. The zero-order chi connectivity index (χ0) is 18.8. The van der Waals surface area contributed by atoms with Crippen LogP contribution in [0, 0.1) is 0 Å². The first-order valence-corrected chi connectivity index (χ1v) is 9.91. The maximum atomic E-state index is 9.49. The van der Waals surface area contributed by atoms with Gasteiger partial charge in [0.2, 0.25) is 0 Å². The highest BCUT2D eigenvalue weighted by Gasteiger charge is 2.37. The van der Waals surface area contributed by atoms with E-state index in [2.05, 4.69) is 0 Å². The second-order valence-corrected chi connectivity index (χ2v) is 8.88. The van der Waals surface area contributed by atoms with Crippen molar-refractivity contribution in [1.29, 1.82) is 0 Å². The Bertz CT molecular complexity index is 302. The minimum absolute atomic E-state index is 0.0259. The third kappa shape index (κ3) is 7.16. The summed E-state index contributed by atoms with van der Waals surface area (Å²) in [5, 5.41) is 9.49. The normalized spacial score (nSPS) is 16.0. The third-order valence-electron chi connectivity index (χ3n) is 4.46. The molecule has 24 heavy (non-hydrogen) atoms. The van der Waals surface area contributed by atoms with Crippen LogP contribution in [0.5, 0.6) is 0 Å². The molecule has 0 aromatic rings. The van der Waals surface area contributed by atoms with E-state index in [9.17, 15) is 5.11 Å². The fourth-order valence-electron chi connectivity index (χ4n) is 2.40. The summed E-state index contributed by atoms with van der Waals surface area (Å²) < 4.78 is 33.3. The zero-order valence-corrected chi connectivity index (χ0v) is 20.3. The van der Waals surface area contributed by atoms with E-state index in [0.717, 1.165) is 0 Å². The molecule has 0 aliphatic heterocycles. The second-order valence-electron chi connectivity index (χ2n) is 5.83. The molecule has 0 aliphatic carbocycles. The van der Waals surface area contributed by atoms with Gasteiger partial charge in [-0.25, -0.2) is 4.90 Å². The second kappa shape index (κ2) is 11.7. The van der Waals surface area contributed by atoms with Crippen LogP contribution in [0.3, 0.4) is 0 Å². The maximum absolute atomic E-state index is 9.49. The van der Waals surface area contributed by atoms with Crippen LogP contribution < -0.4 is 0 Å². The average molecular weight is 386 g/mol. The Morgan fingerprint density at radius 2 is 1.12 bits per heavy atom. The number of hydrogen-bond donors (Lipinski definition) is 1. The molecule has 0 radical (unpaired) electrons. The quantitative estimate of drug-likeness (QED) is 0.263.